The molecule has 20 heavy (non-hydrogen) atoms. The lowest BCUT2D eigenvalue weighted by molar-refractivity contribution is 0.0935. The molecule has 0 aliphatic heterocycles. The zero-order chi connectivity index (χ0) is 14.5. The van der Waals surface area contributed by atoms with E-state index in [0.29, 0.717) is 28.9 Å². The first-order valence-electron chi connectivity index (χ1n) is 7.00. The van der Waals surface area contributed by atoms with Crippen LogP contribution in [-0.2, 0) is 0 Å². The summed E-state index contributed by atoms with van der Waals surface area (Å²) in [6.07, 6.45) is 5.35. The second-order valence-corrected chi connectivity index (χ2v) is 6.13. The highest BCUT2D eigenvalue weighted by Gasteiger charge is 2.27. The Labute approximate surface area is 124 Å². The molecule has 1 fully saturated rings. The predicted molar refractivity (Wildman–Crippen MR) is 84.4 cm³/mol. The fourth-order valence-electron chi connectivity index (χ4n) is 2.61. The third-order valence-corrected chi connectivity index (χ3v) is 4.73. The number of benzene rings is 1. The van der Waals surface area contributed by atoms with Crippen molar-refractivity contribution in [2.24, 2.45) is 0 Å². The van der Waals surface area contributed by atoms with Crippen LogP contribution >= 0.6 is 11.8 Å². The maximum Gasteiger partial charge on any atom is 0.257 e. The molecule has 0 spiro atoms. The van der Waals surface area contributed by atoms with E-state index in [1.807, 2.05) is 18.7 Å². The maximum absolute atomic E-state index is 12.4. The van der Waals surface area contributed by atoms with E-state index in [2.05, 4.69) is 11.6 Å². The minimum atomic E-state index is -0.127. The van der Waals surface area contributed by atoms with Crippen molar-refractivity contribution < 1.29 is 9.53 Å². The molecule has 4 nitrogen and oxygen atoms in total. The van der Waals surface area contributed by atoms with Crippen LogP contribution in [0.4, 0.5) is 5.69 Å². The summed E-state index contributed by atoms with van der Waals surface area (Å²) in [4.78, 5) is 12.4. The SMILES string of the molecule is CCOc1cccc(N)c1C(=O)NC1CCC(SC)C1. The summed E-state index contributed by atoms with van der Waals surface area (Å²) >= 11 is 1.87. The minimum Gasteiger partial charge on any atom is -0.493 e. The smallest absolute Gasteiger partial charge is 0.257 e. The number of amides is 1. The molecule has 1 aromatic rings. The minimum absolute atomic E-state index is 0.127. The van der Waals surface area contributed by atoms with Crippen molar-refractivity contribution in [2.75, 3.05) is 18.6 Å². The van der Waals surface area contributed by atoms with Crippen LogP contribution in [0.3, 0.4) is 0 Å². The van der Waals surface area contributed by atoms with E-state index in [1.165, 1.54) is 0 Å². The van der Waals surface area contributed by atoms with Crippen molar-refractivity contribution in [3.8, 4) is 5.75 Å². The van der Waals surface area contributed by atoms with Crippen molar-refractivity contribution >= 4 is 23.4 Å². The monoisotopic (exact) mass is 294 g/mol. The van der Waals surface area contributed by atoms with Gasteiger partial charge in [-0.25, -0.2) is 0 Å². The van der Waals surface area contributed by atoms with E-state index >= 15 is 0 Å². The predicted octanol–water partition coefficient (Wildman–Crippen LogP) is 2.68. The molecule has 0 heterocycles. The molecule has 2 unspecified atom stereocenters. The van der Waals surface area contributed by atoms with Gasteiger partial charge < -0.3 is 15.8 Å². The topological polar surface area (TPSA) is 64.3 Å². The van der Waals surface area contributed by atoms with E-state index in [1.54, 1.807) is 18.2 Å². The zero-order valence-corrected chi connectivity index (χ0v) is 12.8. The number of nitrogens with one attached hydrogen (secondary N) is 1. The van der Waals surface area contributed by atoms with Crippen molar-refractivity contribution in [1.29, 1.82) is 0 Å². The summed E-state index contributed by atoms with van der Waals surface area (Å²) in [5.41, 5.74) is 6.86. The number of nitrogens with two attached hydrogens (primary N) is 1. The molecular formula is C15H22N2O2S. The number of hydrogen-bond acceptors (Lipinski definition) is 4. The van der Waals surface area contributed by atoms with Gasteiger partial charge in [-0.3, -0.25) is 4.79 Å². The van der Waals surface area contributed by atoms with E-state index in [4.69, 9.17) is 10.5 Å². The molecule has 1 aliphatic rings. The van der Waals surface area contributed by atoms with Crippen LogP contribution in [0.25, 0.3) is 0 Å². The first-order chi connectivity index (χ1) is 9.65. The largest absolute Gasteiger partial charge is 0.493 e. The Morgan fingerprint density at radius 2 is 2.30 bits per heavy atom. The van der Waals surface area contributed by atoms with Crippen molar-refractivity contribution in [3.05, 3.63) is 23.8 Å². The van der Waals surface area contributed by atoms with Crippen molar-refractivity contribution in [1.82, 2.24) is 5.32 Å². The first-order valence-corrected chi connectivity index (χ1v) is 8.29. The Kier molecular flexibility index (Phi) is 5.17. The number of anilines is 1. The molecule has 3 N–H and O–H groups in total. The van der Waals surface area contributed by atoms with E-state index in [9.17, 15) is 4.79 Å². The van der Waals surface area contributed by atoms with Crippen LogP contribution in [0.15, 0.2) is 18.2 Å². The molecule has 0 bridgehead atoms. The fourth-order valence-corrected chi connectivity index (χ4v) is 3.41. The molecule has 0 radical (unpaired) electrons. The third-order valence-electron chi connectivity index (χ3n) is 3.64. The van der Waals surface area contributed by atoms with E-state index in [-0.39, 0.29) is 11.9 Å². The molecule has 0 saturated heterocycles. The highest BCUT2D eigenvalue weighted by Crippen LogP contribution is 2.29. The Hall–Kier alpha value is -1.36. The van der Waals surface area contributed by atoms with Gasteiger partial charge in [-0.2, -0.15) is 11.8 Å². The molecular weight excluding hydrogens is 272 g/mol. The maximum atomic E-state index is 12.4. The van der Waals surface area contributed by atoms with Crippen molar-refractivity contribution in [2.45, 2.75) is 37.5 Å². The van der Waals surface area contributed by atoms with Gasteiger partial charge in [0.15, 0.2) is 0 Å². The van der Waals surface area contributed by atoms with E-state index in [0.717, 1.165) is 19.3 Å². The lowest BCUT2D eigenvalue weighted by atomic mass is 10.1. The molecule has 2 rings (SSSR count). The van der Waals surface area contributed by atoms with Gasteiger partial charge in [0.1, 0.15) is 11.3 Å². The molecule has 1 aliphatic carbocycles. The zero-order valence-electron chi connectivity index (χ0n) is 12.0. The van der Waals surface area contributed by atoms with Gasteiger partial charge in [-0.1, -0.05) is 6.07 Å². The average Bonchev–Trinajstić information content (AvgIpc) is 2.86. The summed E-state index contributed by atoms with van der Waals surface area (Å²) in [5.74, 6) is 0.433. The molecule has 2 atom stereocenters. The molecule has 1 amide bonds. The number of carbonyl (C=O) groups excluding carboxylic acids is 1. The first kappa shape index (κ1) is 15.0. The van der Waals surface area contributed by atoms with E-state index < -0.39 is 0 Å². The molecule has 5 heteroatoms. The lowest BCUT2D eigenvalue weighted by Crippen LogP contribution is -2.33. The average molecular weight is 294 g/mol. The second-order valence-electron chi connectivity index (χ2n) is 4.99. The highest BCUT2D eigenvalue weighted by molar-refractivity contribution is 7.99. The summed E-state index contributed by atoms with van der Waals surface area (Å²) in [6.45, 7) is 2.41. The Balaban J connectivity index is 2.09. The van der Waals surface area contributed by atoms with Gasteiger partial charge in [0.2, 0.25) is 0 Å². The number of carbonyl (C=O) groups is 1. The van der Waals surface area contributed by atoms with Crippen molar-refractivity contribution in [3.63, 3.8) is 0 Å². The molecule has 1 saturated carbocycles. The molecule has 1 aromatic carbocycles. The Bertz CT molecular complexity index is 479. The highest BCUT2D eigenvalue weighted by atomic mass is 32.2. The van der Waals surface area contributed by atoms with Crippen LogP contribution in [0.5, 0.6) is 5.75 Å². The van der Waals surface area contributed by atoms with Gasteiger partial charge in [0, 0.05) is 17.0 Å². The van der Waals surface area contributed by atoms with Crippen LogP contribution in [-0.4, -0.2) is 30.1 Å². The number of ether oxygens (including phenoxy) is 1. The van der Waals surface area contributed by atoms with Gasteiger partial charge in [-0.05, 0) is 44.6 Å². The summed E-state index contributed by atoms with van der Waals surface area (Å²) < 4.78 is 5.50. The Morgan fingerprint density at radius 1 is 1.50 bits per heavy atom. The summed E-state index contributed by atoms with van der Waals surface area (Å²) in [6, 6.07) is 5.57. The van der Waals surface area contributed by atoms with Gasteiger partial charge in [-0.15, -0.1) is 0 Å². The molecule has 0 aromatic heterocycles. The second kappa shape index (κ2) is 6.88. The van der Waals surface area contributed by atoms with Crippen LogP contribution < -0.4 is 15.8 Å². The summed E-state index contributed by atoms with van der Waals surface area (Å²) in [7, 11) is 0. The molecule has 110 valence electrons. The number of hydrogen-bond donors (Lipinski definition) is 2. The number of rotatable bonds is 5. The lowest BCUT2D eigenvalue weighted by Gasteiger charge is -2.16. The standard InChI is InChI=1S/C15H22N2O2S/c1-3-19-13-6-4-5-12(16)14(13)15(18)17-10-7-8-11(9-10)20-2/h4-6,10-11H,3,7-9,16H2,1-2H3,(H,17,18). The van der Waals surface area contributed by atoms with Crippen LogP contribution in [0, 0.1) is 0 Å². The van der Waals surface area contributed by atoms with Gasteiger partial charge >= 0.3 is 0 Å². The van der Waals surface area contributed by atoms with Crippen LogP contribution in [0.2, 0.25) is 0 Å². The third kappa shape index (κ3) is 3.39. The van der Waals surface area contributed by atoms with Gasteiger partial charge in [0.25, 0.3) is 5.91 Å². The normalized spacial score (nSPS) is 21.7. The number of nitrogen functional groups attached to an aromatic ring is 1. The Morgan fingerprint density at radius 3 is 2.95 bits per heavy atom. The van der Waals surface area contributed by atoms with Gasteiger partial charge in [0.05, 0.1) is 6.61 Å². The summed E-state index contributed by atoms with van der Waals surface area (Å²) in [5, 5.41) is 3.74. The fraction of sp³-hybridized carbons (Fsp3) is 0.533. The quantitative estimate of drug-likeness (QED) is 0.820. The van der Waals surface area contributed by atoms with Crippen LogP contribution in [0.1, 0.15) is 36.5 Å². The number of thioether (sulfide) groups is 1.